The van der Waals surface area contributed by atoms with Gasteiger partial charge in [0.25, 0.3) is 11.8 Å². The molecule has 3 heterocycles. The molecule has 8 nitrogen and oxygen atoms in total. The summed E-state index contributed by atoms with van der Waals surface area (Å²) in [4.78, 5) is 24.3. The van der Waals surface area contributed by atoms with Crippen LogP contribution in [-0.2, 0) is 17.8 Å². The number of aromatic nitrogens is 3. The second kappa shape index (κ2) is 7.62. The largest absolute Gasteiger partial charge is 0.482 e. The monoisotopic (exact) mass is 403 g/mol. The van der Waals surface area contributed by atoms with Crippen LogP contribution in [0.4, 0.5) is 11.4 Å². The second-order valence-electron chi connectivity index (χ2n) is 7.48. The van der Waals surface area contributed by atoms with Gasteiger partial charge in [0.1, 0.15) is 11.6 Å². The van der Waals surface area contributed by atoms with E-state index in [2.05, 4.69) is 25.4 Å². The molecule has 2 aliphatic heterocycles. The van der Waals surface area contributed by atoms with Gasteiger partial charge in [-0.25, -0.2) is 0 Å². The number of rotatable bonds is 3. The van der Waals surface area contributed by atoms with Gasteiger partial charge in [0.15, 0.2) is 12.4 Å². The van der Waals surface area contributed by atoms with Crippen LogP contribution in [0.25, 0.3) is 11.4 Å². The summed E-state index contributed by atoms with van der Waals surface area (Å²) in [7, 11) is 0. The van der Waals surface area contributed by atoms with Crippen molar-refractivity contribution in [1.82, 2.24) is 14.8 Å². The smallest absolute Gasteiger partial charge is 0.262 e. The van der Waals surface area contributed by atoms with E-state index >= 15 is 0 Å². The van der Waals surface area contributed by atoms with Crippen LogP contribution in [0.3, 0.4) is 0 Å². The molecular weight excluding hydrogens is 382 g/mol. The fourth-order valence-electron chi connectivity index (χ4n) is 3.86. The highest BCUT2D eigenvalue weighted by Crippen LogP contribution is 2.29. The molecule has 5 rings (SSSR count). The summed E-state index contributed by atoms with van der Waals surface area (Å²) >= 11 is 0. The third-order valence-corrected chi connectivity index (χ3v) is 5.36. The molecule has 0 fully saturated rings. The number of carbonyl (C=O) groups is 2. The predicted molar refractivity (Wildman–Crippen MR) is 112 cm³/mol. The van der Waals surface area contributed by atoms with Crippen LogP contribution < -0.4 is 15.4 Å². The van der Waals surface area contributed by atoms with Gasteiger partial charge >= 0.3 is 0 Å². The second-order valence-corrected chi connectivity index (χ2v) is 7.48. The van der Waals surface area contributed by atoms with E-state index < -0.39 is 0 Å². The van der Waals surface area contributed by atoms with Crippen molar-refractivity contribution in [3.8, 4) is 17.1 Å². The molecule has 2 N–H and O–H groups in total. The lowest BCUT2D eigenvalue weighted by Gasteiger charge is -2.18. The van der Waals surface area contributed by atoms with Gasteiger partial charge < -0.3 is 19.9 Å². The molecular formula is C22H21N5O3. The van der Waals surface area contributed by atoms with Crippen molar-refractivity contribution >= 4 is 23.2 Å². The Bertz CT molecular complexity index is 1140. The summed E-state index contributed by atoms with van der Waals surface area (Å²) in [5.74, 6) is 1.91. The lowest BCUT2D eigenvalue weighted by Crippen LogP contribution is -2.25. The summed E-state index contributed by atoms with van der Waals surface area (Å²) in [6.45, 7) is 0.898. The number of aryl methyl sites for hydroxylation is 1. The van der Waals surface area contributed by atoms with Crippen molar-refractivity contribution in [2.24, 2.45) is 0 Å². The Morgan fingerprint density at radius 2 is 2.03 bits per heavy atom. The summed E-state index contributed by atoms with van der Waals surface area (Å²) in [5, 5.41) is 14.4. The Balaban J connectivity index is 1.38. The fraction of sp³-hybridized carbons (Fsp3) is 0.273. The minimum absolute atomic E-state index is 0.0162. The molecule has 0 spiro atoms. The third-order valence-electron chi connectivity index (χ3n) is 5.36. The number of carbonyl (C=O) groups excluding carboxylic acids is 2. The first-order valence-corrected chi connectivity index (χ1v) is 10.1. The molecule has 2 amide bonds. The number of anilines is 2. The van der Waals surface area contributed by atoms with Gasteiger partial charge in [-0.3, -0.25) is 9.59 Å². The van der Waals surface area contributed by atoms with E-state index in [1.54, 1.807) is 18.2 Å². The minimum Gasteiger partial charge on any atom is -0.482 e. The van der Waals surface area contributed by atoms with Crippen molar-refractivity contribution in [3.63, 3.8) is 0 Å². The molecule has 0 bridgehead atoms. The first-order chi connectivity index (χ1) is 14.7. The summed E-state index contributed by atoms with van der Waals surface area (Å²) in [6, 6.07) is 12.6. The van der Waals surface area contributed by atoms with Crippen LogP contribution in [0.2, 0.25) is 0 Å². The Morgan fingerprint density at radius 3 is 2.97 bits per heavy atom. The maximum absolute atomic E-state index is 12.8. The molecule has 0 saturated carbocycles. The Labute approximate surface area is 173 Å². The maximum Gasteiger partial charge on any atom is 0.262 e. The van der Waals surface area contributed by atoms with Crippen LogP contribution >= 0.6 is 0 Å². The number of ether oxygens (including phenoxy) is 1. The zero-order valence-corrected chi connectivity index (χ0v) is 16.4. The van der Waals surface area contributed by atoms with Crippen LogP contribution in [0.1, 0.15) is 35.4 Å². The molecule has 1 aromatic heterocycles. The number of hydrogen-bond donors (Lipinski definition) is 2. The number of nitrogens with one attached hydrogen (secondary N) is 2. The molecule has 152 valence electrons. The minimum atomic E-state index is -0.269. The van der Waals surface area contributed by atoms with Crippen LogP contribution in [0.5, 0.6) is 5.75 Å². The molecule has 0 aliphatic carbocycles. The molecule has 2 aliphatic rings. The van der Waals surface area contributed by atoms with Crippen molar-refractivity contribution in [2.75, 3.05) is 17.2 Å². The first kappa shape index (κ1) is 18.4. The van der Waals surface area contributed by atoms with Gasteiger partial charge in [-0.1, -0.05) is 18.6 Å². The predicted octanol–water partition coefficient (Wildman–Crippen LogP) is 3.25. The zero-order chi connectivity index (χ0) is 20.5. The van der Waals surface area contributed by atoms with Crippen molar-refractivity contribution in [1.29, 1.82) is 0 Å². The molecule has 0 unspecified atom stereocenters. The fourth-order valence-corrected chi connectivity index (χ4v) is 3.86. The van der Waals surface area contributed by atoms with E-state index in [1.165, 1.54) is 6.42 Å². The molecule has 30 heavy (non-hydrogen) atoms. The number of fused-ring (bicyclic) bond motifs is 2. The molecule has 0 saturated heterocycles. The van der Waals surface area contributed by atoms with E-state index in [0.29, 0.717) is 22.7 Å². The van der Waals surface area contributed by atoms with Crippen molar-refractivity contribution < 1.29 is 14.3 Å². The van der Waals surface area contributed by atoms with Gasteiger partial charge in [0.05, 0.1) is 5.69 Å². The normalized spacial score (nSPS) is 15.3. The van der Waals surface area contributed by atoms with Crippen LogP contribution in [0, 0.1) is 0 Å². The quantitative estimate of drug-likeness (QED) is 0.700. The number of amides is 2. The molecule has 8 heteroatoms. The van der Waals surface area contributed by atoms with Crippen LogP contribution in [-0.4, -0.2) is 33.2 Å². The SMILES string of the molecule is O=C1COc2ccc(C(=O)Nc3cccc(-c4nnc5n4CCCCC5)c3)cc2N1. The first-order valence-electron chi connectivity index (χ1n) is 10.1. The Morgan fingerprint density at radius 1 is 1.10 bits per heavy atom. The van der Waals surface area contributed by atoms with Crippen molar-refractivity contribution in [2.45, 2.75) is 32.2 Å². The van der Waals surface area contributed by atoms with E-state index in [9.17, 15) is 9.59 Å². The number of nitrogens with zero attached hydrogens (tertiary/aromatic N) is 3. The average molecular weight is 403 g/mol. The Hall–Kier alpha value is -3.68. The van der Waals surface area contributed by atoms with E-state index in [1.807, 2.05) is 24.3 Å². The molecule has 0 atom stereocenters. The number of hydrogen-bond acceptors (Lipinski definition) is 5. The topological polar surface area (TPSA) is 98.1 Å². The molecule has 0 radical (unpaired) electrons. The summed E-state index contributed by atoms with van der Waals surface area (Å²) < 4.78 is 7.52. The molecule has 3 aromatic rings. The highest BCUT2D eigenvalue weighted by atomic mass is 16.5. The highest BCUT2D eigenvalue weighted by Gasteiger charge is 2.19. The Kier molecular flexibility index (Phi) is 4.66. The van der Waals surface area contributed by atoms with Gasteiger partial charge in [-0.05, 0) is 43.2 Å². The van der Waals surface area contributed by atoms with Gasteiger partial charge in [0, 0.05) is 29.8 Å². The summed E-state index contributed by atoms with van der Waals surface area (Å²) in [5.41, 5.74) is 2.51. The lowest BCUT2D eigenvalue weighted by molar-refractivity contribution is -0.118. The van der Waals surface area contributed by atoms with Gasteiger partial charge in [-0.15, -0.1) is 10.2 Å². The zero-order valence-electron chi connectivity index (χ0n) is 16.4. The van der Waals surface area contributed by atoms with Gasteiger partial charge in [-0.2, -0.15) is 0 Å². The van der Waals surface area contributed by atoms with Crippen LogP contribution in [0.15, 0.2) is 42.5 Å². The van der Waals surface area contributed by atoms with E-state index in [-0.39, 0.29) is 18.4 Å². The summed E-state index contributed by atoms with van der Waals surface area (Å²) in [6.07, 6.45) is 4.40. The number of benzene rings is 2. The lowest BCUT2D eigenvalue weighted by atomic mass is 10.1. The molecule has 2 aromatic carbocycles. The standard InChI is InChI=1S/C22H21N5O3/c28-20-13-30-18-9-8-15(12-17(18)24-20)22(29)23-16-6-4-5-14(11-16)21-26-25-19-7-2-1-3-10-27(19)21/h4-6,8-9,11-12H,1-3,7,10,13H2,(H,23,29)(H,24,28). The van der Waals surface area contributed by atoms with Crippen molar-refractivity contribution in [3.05, 3.63) is 53.9 Å². The van der Waals surface area contributed by atoms with E-state index in [4.69, 9.17) is 4.74 Å². The maximum atomic E-state index is 12.8. The van der Waals surface area contributed by atoms with E-state index in [0.717, 1.165) is 43.0 Å². The highest BCUT2D eigenvalue weighted by molar-refractivity contribution is 6.06. The third kappa shape index (κ3) is 3.52. The van der Waals surface area contributed by atoms with Gasteiger partial charge in [0.2, 0.25) is 0 Å². The average Bonchev–Trinajstić information content (AvgIpc) is 3.01.